The van der Waals surface area contributed by atoms with Gasteiger partial charge in [0.1, 0.15) is 0 Å². The van der Waals surface area contributed by atoms with Crippen LogP contribution < -0.4 is 11.1 Å². The van der Waals surface area contributed by atoms with Crippen LogP contribution in [0.4, 0.5) is 11.4 Å². The summed E-state index contributed by atoms with van der Waals surface area (Å²) in [7, 11) is 0. The van der Waals surface area contributed by atoms with Crippen LogP contribution in [0.5, 0.6) is 0 Å². The van der Waals surface area contributed by atoms with Crippen molar-refractivity contribution in [1.82, 2.24) is 0 Å². The lowest BCUT2D eigenvalue weighted by atomic mass is 10.1. The third-order valence-corrected chi connectivity index (χ3v) is 3.63. The lowest BCUT2D eigenvalue weighted by Gasteiger charge is -2.13. The van der Waals surface area contributed by atoms with Gasteiger partial charge in [0.25, 0.3) is 0 Å². The molecule has 1 saturated carbocycles. The molecule has 1 aliphatic carbocycles. The van der Waals surface area contributed by atoms with Crippen molar-refractivity contribution >= 4 is 17.3 Å². The molecule has 0 radical (unpaired) electrons. The number of nitrogens with two attached hydrogens (primary N) is 1. The summed E-state index contributed by atoms with van der Waals surface area (Å²) < 4.78 is 0. The van der Waals surface area contributed by atoms with E-state index in [1.807, 2.05) is 26.0 Å². The van der Waals surface area contributed by atoms with Gasteiger partial charge in [0, 0.05) is 17.3 Å². The van der Waals surface area contributed by atoms with E-state index < -0.39 is 0 Å². The Bertz CT molecular complexity index is 454. The first-order valence-electron chi connectivity index (χ1n) is 5.99. The summed E-state index contributed by atoms with van der Waals surface area (Å²) in [5.41, 5.74) is 9.62. The number of hydrogen-bond acceptors (Lipinski definition) is 2. The molecular formula is C14H20N2O. The zero-order valence-electron chi connectivity index (χ0n) is 10.9. The van der Waals surface area contributed by atoms with Crippen molar-refractivity contribution in [3.8, 4) is 0 Å². The minimum Gasteiger partial charge on any atom is -0.399 e. The van der Waals surface area contributed by atoms with E-state index in [4.69, 9.17) is 5.73 Å². The van der Waals surface area contributed by atoms with Crippen LogP contribution in [-0.2, 0) is 4.79 Å². The molecule has 1 aromatic rings. The Hall–Kier alpha value is -1.51. The van der Waals surface area contributed by atoms with Crippen LogP contribution in [0.1, 0.15) is 31.4 Å². The summed E-state index contributed by atoms with van der Waals surface area (Å²) in [6.45, 7) is 8.19. The van der Waals surface area contributed by atoms with E-state index >= 15 is 0 Å². The highest BCUT2D eigenvalue weighted by atomic mass is 16.2. The lowest BCUT2D eigenvalue weighted by molar-refractivity contribution is -0.118. The lowest BCUT2D eigenvalue weighted by Crippen LogP contribution is -2.18. The van der Waals surface area contributed by atoms with Crippen molar-refractivity contribution in [2.75, 3.05) is 11.1 Å². The number of hydrogen-bond donors (Lipinski definition) is 2. The van der Waals surface area contributed by atoms with E-state index in [2.05, 4.69) is 19.2 Å². The first-order chi connectivity index (χ1) is 7.81. The van der Waals surface area contributed by atoms with Gasteiger partial charge in [-0.3, -0.25) is 4.79 Å². The molecule has 2 rings (SSSR count). The van der Waals surface area contributed by atoms with Crippen LogP contribution in [0.25, 0.3) is 0 Å². The SMILES string of the molecule is Cc1cc(N)cc(C)c1NC(=O)C1CC1(C)C. The fraction of sp³-hybridized carbons (Fsp3) is 0.500. The average molecular weight is 232 g/mol. The van der Waals surface area contributed by atoms with Gasteiger partial charge in [-0.25, -0.2) is 0 Å². The largest absolute Gasteiger partial charge is 0.399 e. The highest BCUT2D eigenvalue weighted by molar-refractivity contribution is 5.96. The molecule has 0 saturated heterocycles. The molecule has 0 aromatic heterocycles. The second kappa shape index (κ2) is 3.76. The molecule has 0 heterocycles. The van der Waals surface area contributed by atoms with Gasteiger partial charge in [-0.2, -0.15) is 0 Å². The molecule has 0 spiro atoms. The van der Waals surface area contributed by atoms with Gasteiger partial charge in [-0.1, -0.05) is 13.8 Å². The smallest absolute Gasteiger partial charge is 0.228 e. The van der Waals surface area contributed by atoms with E-state index in [0.717, 1.165) is 28.9 Å². The monoisotopic (exact) mass is 232 g/mol. The number of rotatable bonds is 2. The molecule has 3 heteroatoms. The van der Waals surface area contributed by atoms with E-state index in [1.165, 1.54) is 0 Å². The topological polar surface area (TPSA) is 55.1 Å². The van der Waals surface area contributed by atoms with E-state index in [9.17, 15) is 4.79 Å². The van der Waals surface area contributed by atoms with Crippen molar-refractivity contribution in [2.24, 2.45) is 11.3 Å². The standard InChI is InChI=1S/C14H20N2O/c1-8-5-10(15)6-9(2)12(8)16-13(17)11-7-14(11,3)4/h5-6,11H,7,15H2,1-4H3,(H,16,17). The number of carbonyl (C=O) groups is 1. The summed E-state index contributed by atoms with van der Waals surface area (Å²) in [6, 6.07) is 3.78. The molecule has 0 bridgehead atoms. The van der Waals surface area contributed by atoms with Crippen molar-refractivity contribution in [2.45, 2.75) is 34.1 Å². The second-order valence-electron chi connectivity index (χ2n) is 5.76. The Morgan fingerprint density at radius 2 is 1.82 bits per heavy atom. The summed E-state index contributed by atoms with van der Waals surface area (Å²) in [5, 5.41) is 3.03. The summed E-state index contributed by atoms with van der Waals surface area (Å²) in [6.07, 6.45) is 0.978. The Labute approximate surface area is 102 Å². The van der Waals surface area contributed by atoms with Crippen LogP contribution in [0.15, 0.2) is 12.1 Å². The number of nitrogens with one attached hydrogen (secondary N) is 1. The van der Waals surface area contributed by atoms with E-state index in [1.54, 1.807) is 0 Å². The second-order valence-corrected chi connectivity index (χ2v) is 5.76. The van der Waals surface area contributed by atoms with Crippen LogP contribution in [0, 0.1) is 25.2 Å². The third kappa shape index (κ3) is 2.28. The number of anilines is 2. The third-order valence-electron chi connectivity index (χ3n) is 3.63. The maximum Gasteiger partial charge on any atom is 0.228 e. The van der Waals surface area contributed by atoms with Crippen molar-refractivity contribution in [3.63, 3.8) is 0 Å². The van der Waals surface area contributed by atoms with Crippen molar-refractivity contribution in [3.05, 3.63) is 23.3 Å². The molecule has 1 aromatic carbocycles. The van der Waals surface area contributed by atoms with Crippen LogP contribution in [-0.4, -0.2) is 5.91 Å². The van der Waals surface area contributed by atoms with Gasteiger partial charge in [0.05, 0.1) is 0 Å². The first kappa shape index (κ1) is 12.0. The molecule has 0 aliphatic heterocycles. The quantitative estimate of drug-likeness (QED) is 0.770. The van der Waals surface area contributed by atoms with E-state index in [0.29, 0.717) is 0 Å². The fourth-order valence-corrected chi connectivity index (χ4v) is 2.32. The van der Waals surface area contributed by atoms with Crippen LogP contribution >= 0.6 is 0 Å². The van der Waals surface area contributed by atoms with Crippen LogP contribution in [0.3, 0.4) is 0 Å². The number of benzene rings is 1. The highest BCUT2D eigenvalue weighted by Gasteiger charge is 2.50. The normalized spacial score (nSPS) is 21.1. The molecule has 1 amide bonds. The number of amides is 1. The Kier molecular flexibility index (Phi) is 2.64. The minimum absolute atomic E-state index is 0.131. The predicted octanol–water partition coefficient (Wildman–Crippen LogP) is 2.87. The molecule has 1 fully saturated rings. The van der Waals surface area contributed by atoms with Gasteiger partial charge in [-0.05, 0) is 48.9 Å². The summed E-state index contributed by atoms with van der Waals surface area (Å²) in [4.78, 5) is 12.0. The molecule has 1 aliphatic rings. The molecular weight excluding hydrogens is 212 g/mol. The highest BCUT2D eigenvalue weighted by Crippen LogP contribution is 2.52. The van der Waals surface area contributed by atoms with Crippen molar-refractivity contribution in [1.29, 1.82) is 0 Å². The number of carbonyl (C=O) groups excluding carboxylic acids is 1. The zero-order valence-corrected chi connectivity index (χ0v) is 10.9. The fourth-order valence-electron chi connectivity index (χ4n) is 2.32. The minimum atomic E-state index is 0.131. The Morgan fingerprint density at radius 3 is 2.24 bits per heavy atom. The van der Waals surface area contributed by atoms with E-state index in [-0.39, 0.29) is 17.2 Å². The Morgan fingerprint density at radius 1 is 1.35 bits per heavy atom. The Balaban J connectivity index is 2.17. The molecule has 17 heavy (non-hydrogen) atoms. The van der Waals surface area contributed by atoms with Gasteiger partial charge in [-0.15, -0.1) is 0 Å². The first-order valence-corrected chi connectivity index (χ1v) is 5.99. The molecule has 92 valence electrons. The molecule has 1 unspecified atom stereocenters. The number of nitrogen functional groups attached to an aromatic ring is 1. The van der Waals surface area contributed by atoms with Crippen LogP contribution in [0.2, 0.25) is 0 Å². The number of aryl methyl sites for hydroxylation is 2. The average Bonchev–Trinajstić information content (AvgIpc) is 2.81. The predicted molar refractivity (Wildman–Crippen MR) is 70.8 cm³/mol. The molecule has 1 atom stereocenters. The molecule has 3 N–H and O–H groups in total. The maximum absolute atomic E-state index is 12.0. The van der Waals surface area contributed by atoms with Gasteiger partial charge >= 0.3 is 0 Å². The summed E-state index contributed by atoms with van der Waals surface area (Å²) >= 11 is 0. The van der Waals surface area contributed by atoms with Gasteiger partial charge in [0.2, 0.25) is 5.91 Å². The zero-order chi connectivity index (χ0) is 12.8. The van der Waals surface area contributed by atoms with Gasteiger partial charge in [0.15, 0.2) is 0 Å². The maximum atomic E-state index is 12.0. The molecule has 3 nitrogen and oxygen atoms in total. The van der Waals surface area contributed by atoms with Crippen molar-refractivity contribution < 1.29 is 4.79 Å². The van der Waals surface area contributed by atoms with Gasteiger partial charge < -0.3 is 11.1 Å². The summed E-state index contributed by atoms with van der Waals surface area (Å²) in [5.74, 6) is 0.282.